The van der Waals surface area contributed by atoms with E-state index in [1.54, 1.807) is 7.11 Å². The van der Waals surface area contributed by atoms with Crippen LogP contribution in [0.5, 0.6) is 5.75 Å². The molecule has 0 radical (unpaired) electrons. The number of piperidine rings is 1. The summed E-state index contributed by atoms with van der Waals surface area (Å²) in [5.41, 5.74) is 10.4. The van der Waals surface area contributed by atoms with Crippen LogP contribution in [-0.2, 0) is 13.6 Å². The topological polar surface area (TPSA) is 91.2 Å². The number of amides is 1. The Morgan fingerprint density at radius 1 is 1.20 bits per heavy atom. The lowest BCUT2D eigenvalue weighted by Crippen LogP contribution is -2.50. The van der Waals surface area contributed by atoms with E-state index in [1.807, 2.05) is 36.3 Å². The molecule has 1 aliphatic carbocycles. The molecule has 3 aromatic heterocycles. The fourth-order valence-electron chi connectivity index (χ4n) is 5.42. The summed E-state index contributed by atoms with van der Waals surface area (Å²) in [7, 11) is 3.65. The number of ether oxygens (including phenoxy) is 1. The Bertz CT molecular complexity index is 1430. The fraction of sp³-hybridized carbons (Fsp3) is 0.444. The fourth-order valence-corrected chi connectivity index (χ4v) is 5.42. The molecule has 6 rings (SSSR count). The number of hydrogen-bond donors (Lipinski definition) is 1. The van der Waals surface area contributed by atoms with Crippen LogP contribution in [0.25, 0.3) is 33.6 Å². The van der Waals surface area contributed by atoms with E-state index in [0.29, 0.717) is 23.8 Å². The monoisotopic (exact) mass is 472 g/mol. The maximum absolute atomic E-state index is 13.5. The Balaban J connectivity index is 1.47. The Kier molecular flexibility index (Phi) is 5.29. The van der Waals surface area contributed by atoms with Crippen molar-refractivity contribution in [3.05, 3.63) is 42.1 Å². The zero-order chi connectivity index (χ0) is 24.3. The van der Waals surface area contributed by atoms with Crippen molar-refractivity contribution in [2.45, 2.75) is 51.2 Å². The molecule has 2 atom stereocenters. The quantitative estimate of drug-likeness (QED) is 0.475. The number of fused-ring (bicyclic) bond motifs is 2. The van der Waals surface area contributed by atoms with Crippen LogP contribution in [0.2, 0.25) is 0 Å². The molecule has 0 unspecified atom stereocenters. The van der Waals surface area contributed by atoms with E-state index in [2.05, 4.69) is 33.2 Å². The summed E-state index contributed by atoms with van der Waals surface area (Å²) >= 11 is 0. The molecule has 1 amide bonds. The van der Waals surface area contributed by atoms with Gasteiger partial charge in [0.05, 0.1) is 18.3 Å². The maximum atomic E-state index is 13.5. The predicted molar refractivity (Wildman–Crippen MR) is 136 cm³/mol. The van der Waals surface area contributed by atoms with Gasteiger partial charge in [-0.15, -0.1) is 0 Å². The second-order valence-electron chi connectivity index (χ2n) is 10.2. The van der Waals surface area contributed by atoms with Gasteiger partial charge in [0.15, 0.2) is 5.82 Å². The van der Waals surface area contributed by atoms with Crippen LogP contribution >= 0.6 is 0 Å². The first-order valence-electron chi connectivity index (χ1n) is 12.5. The van der Waals surface area contributed by atoms with Gasteiger partial charge < -0.3 is 24.5 Å². The number of hydrogen-bond acceptors (Lipinski definition) is 5. The molecule has 4 heterocycles. The Hall–Kier alpha value is -3.39. The summed E-state index contributed by atoms with van der Waals surface area (Å²) in [6.07, 6.45) is 6.22. The van der Waals surface area contributed by atoms with Crippen LogP contribution < -0.4 is 10.5 Å². The van der Waals surface area contributed by atoms with Crippen molar-refractivity contribution in [2.24, 2.45) is 18.7 Å². The first kappa shape index (κ1) is 22.1. The smallest absolute Gasteiger partial charge is 0.254 e. The normalized spacial score (nSPS) is 20.6. The van der Waals surface area contributed by atoms with Gasteiger partial charge in [-0.2, -0.15) is 0 Å². The van der Waals surface area contributed by atoms with Crippen molar-refractivity contribution >= 4 is 28.0 Å². The molecule has 4 aromatic rings. The minimum absolute atomic E-state index is 0.0178. The highest BCUT2D eigenvalue weighted by molar-refractivity contribution is 6.00. The lowest BCUT2D eigenvalue weighted by atomic mass is 9.99. The van der Waals surface area contributed by atoms with Gasteiger partial charge >= 0.3 is 0 Å². The SMILES string of the molecule is COc1cc(C(=O)N2C[C@@H](N)CC[C@@H]2C)cc2nc(-c3cc4cccnc4n3CC3CC3)n(C)c12. The largest absolute Gasteiger partial charge is 0.494 e. The predicted octanol–water partition coefficient (Wildman–Crippen LogP) is 3.96. The van der Waals surface area contributed by atoms with Gasteiger partial charge in [-0.05, 0) is 68.9 Å². The van der Waals surface area contributed by atoms with Crippen molar-refractivity contribution in [3.63, 3.8) is 0 Å². The van der Waals surface area contributed by atoms with Gasteiger partial charge in [-0.25, -0.2) is 9.97 Å². The summed E-state index contributed by atoms with van der Waals surface area (Å²) in [4.78, 5) is 25.1. The van der Waals surface area contributed by atoms with E-state index >= 15 is 0 Å². The Morgan fingerprint density at radius 3 is 2.80 bits per heavy atom. The summed E-state index contributed by atoms with van der Waals surface area (Å²) in [5, 5.41) is 1.11. The summed E-state index contributed by atoms with van der Waals surface area (Å²) in [6, 6.07) is 10.1. The third-order valence-corrected chi connectivity index (χ3v) is 7.60. The number of rotatable bonds is 5. The zero-order valence-corrected chi connectivity index (χ0v) is 20.6. The summed E-state index contributed by atoms with van der Waals surface area (Å²) < 4.78 is 10.1. The standard InChI is InChI=1S/C27H32N6O2/c1-16-6-9-20(28)15-32(16)27(34)19-11-21-24(23(13-19)35-3)31(2)26(30-21)22-12-18-5-4-10-29-25(18)33(22)14-17-7-8-17/h4-5,10-13,16-17,20H,6-9,14-15,28H2,1-3H3/t16-,20-/m0/s1. The third-order valence-electron chi connectivity index (χ3n) is 7.60. The van der Waals surface area contributed by atoms with Crippen molar-refractivity contribution in [3.8, 4) is 17.3 Å². The number of likely N-dealkylation sites (tertiary alicyclic amines) is 1. The van der Waals surface area contributed by atoms with E-state index in [-0.39, 0.29) is 18.0 Å². The number of nitrogens with two attached hydrogens (primary N) is 1. The molecule has 1 saturated carbocycles. The van der Waals surface area contributed by atoms with Crippen LogP contribution in [-0.4, -0.2) is 55.6 Å². The van der Waals surface area contributed by atoms with Crippen LogP contribution in [0.3, 0.4) is 0 Å². The number of aromatic nitrogens is 4. The van der Waals surface area contributed by atoms with E-state index in [9.17, 15) is 4.79 Å². The van der Waals surface area contributed by atoms with Crippen LogP contribution in [0.1, 0.15) is 43.0 Å². The second kappa shape index (κ2) is 8.37. The second-order valence-corrected chi connectivity index (χ2v) is 10.2. The van der Waals surface area contributed by atoms with Crippen LogP contribution in [0, 0.1) is 5.92 Å². The molecule has 1 saturated heterocycles. The first-order chi connectivity index (χ1) is 16.9. The van der Waals surface area contributed by atoms with Gasteiger partial charge in [0.1, 0.15) is 16.9 Å². The molecule has 2 aliphatic rings. The number of pyridine rings is 1. The maximum Gasteiger partial charge on any atom is 0.254 e. The Morgan fingerprint density at radius 2 is 2.03 bits per heavy atom. The van der Waals surface area contributed by atoms with Gasteiger partial charge in [0.2, 0.25) is 0 Å². The van der Waals surface area contributed by atoms with Crippen LogP contribution in [0.4, 0.5) is 0 Å². The zero-order valence-electron chi connectivity index (χ0n) is 20.6. The Labute approximate surface area is 204 Å². The molecular weight excluding hydrogens is 440 g/mol. The molecule has 2 fully saturated rings. The van der Waals surface area contributed by atoms with E-state index in [1.165, 1.54) is 12.8 Å². The molecule has 35 heavy (non-hydrogen) atoms. The van der Waals surface area contributed by atoms with E-state index < -0.39 is 0 Å². The molecule has 1 aliphatic heterocycles. The number of aryl methyl sites for hydroxylation is 1. The average Bonchev–Trinajstić information content (AvgIpc) is 3.53. The van der Waals surface area contributed by atoms with E-state index in [4.69, 9.17) is 15.5 Å². The molecular formula is C27H32N6O2. The van der Waals surface area contributed by atoms with Crippen molar-refractivity contribution in [1.82, 2.24) is 24.0 Å². The molecule has 2 N–H and O–H groups in total. The summed E-state index contributed by atoms with van der Waals surface area (Å²) in [6.45, 7) is 3.60. The molecule has 182 valence electrons. The third kappa shape index (κ3) is 3.76. The number of nitrogens with zero attached hydrogens (tertiary/aromatic N) is 5. The minimum Gasteiger partial charge on any atom is -0.494 e. The van der Waals surface area contributed by atoms with E-state index in [0.717, 1.165) is 53.0 Å². The number of carbonyl (C=O) groups excluding carboxylic acids is 1. The first-order valence-corrected chi connectivity index (χ1v) is 12.5. The van der Waals surface area contributed by atoms with Gasteiger partial charge in [0, 0.05) is 49.4 Å². The molecule has 0 spiro atoms. The van der Waals surface area contributed by atoms with Gasteiger partial charge in [-0.3, -0.25) is 4.79 Å². The van der Waals surface area contributed by atoms with Crippen molar-refractivity contribution in [1.29, 1.82) is 0 Å². The van der Waals surface area contributed by atoms with Gasteiger partial charge in [0.25, 0.3) is 5.91 Å². The molecule has 0 bridgehead atoms. The molecule has 1 aromatic carbocycles. The summed E-state index contributed by atoms with van der Waals surface area (Å²) in [5.74, 6) is 2.16. The highest BCUT2D eigenvalue weighted by Crippen LogP contribution is 2.37. The van der Waals surface area contributed by atoms with Crippen molar-refractivity contribution < 1.29 is 9.53 Å². The van der Waals surface area contributed by atoms with Gasteiger partial charge in [-0.1, -0.05) is 0 Å². The highest BCUT2D eigenvalue weighted by atomic mass is 16.5. The highest BCUT2D eigenvalue weighted by Gasteiger charge is 2.30. The average molecular weight is 473 g/mol. The lowest BCUT2D eigenvalue weighted by molar-refractivity contribution is 0.0612. The number of imidazole rings is 1. The molecule has 8 heteroatoms. The number of carbonyl (C=O) groups is 1. The minimum atomic E-state index is -0.0212. The lowest BCUT2D eigenvalue weighted by Gasteiger charge is -2.36. The van der Waals surface area contributed by atoms with Crippen LogP contribution in [0.15, 0.2) is 36.5 Å². The number of benzene rings is 1. The molecule has 8 nitrogen and oxygen atoms in total. The van der Waals surface area contributed by atoms with Crippen molar-refractivity contribution in [2.75, 3.05) is 13.7 Å². The number of methoxy groups -OCH3 is 1.